The van der Waals surface area contributed by atoms with Gasteiger partial charge in [-0.05, 0) is 12.1 Å². The molecule has 0 saturated heterocycles. The quantitative estimate of drug-likeness (QED) is 0.597. The molecule has 1 rings (SSSR count). The Bertz CT molecular complexity index is 635. The maximum atomic E-state index is 11.6. The Kier molecular flexibility index (Phi) is 4.46. The van der Waals surface area contributed by atoms with Gasteiger partial charge in [0.15, 0.2) is 0 Å². The molecule has 0 heterocycles. The summed E-state index contributed by atoms with van der Waals surface area (Å²) in [6.07, 6.45) is 1.13. The summed E-state index contributed by atoms with van der Waals surface area (Å²) < 4.78 is 53.8. The minimum absolute atomic E-state index is 0.128. The van der Waals surface area contributed by atoms with Crippen LogP contribution in [0.4, 0.5) is 5.69 Å². The van der Waals surface area contributed by atoms with Gasteiger partial charge in [-0.3, -0.25) is 0 Å². The third-order valence-electron chi connectivity index (χ3n) is 1.69. The largest absolute Gasteiger partial charge is 0.415 e. The molecule has 0 spiro atoms. The third kappa shape index (κ3) is 3.81. The summed E-state index contributed by atoms with van der Waals surface area (Å²) in [7, 11) is -9.23. The first-order chi connectivity index (χ1) is 8.28. The van der Waals surface area contributed by atoms with Crippen LogP contribution in [0.25, 0.3) is 0 Å². The molecule has 0 aliphatic heterocycles. The van der Waals surface area contributed by atoms with E-state index >= 15 is 0 Å². The molecule has 18 heavy (non-hydrogen) atoms. The molecular weight excluding hydrogens is 282 g/mol. The average molecular weight is 293 g/mol. The van der Waals surface area contributed by atoms with E-state index in [1.54, 1.807) is 0 Å². The smallest absolute Gasteiger partial charge is 0.398 e. The first kappa shape index (κ1) is 14.6. The van der Waals surface area contributed by atoms with E-state index in [2.05, 4.69) is 14.4 Å². The first-order valence-electron chi connectivity index (χ1n) is 4.59. The fourth-order valence-electron chi connectivity index (χ4n) is 1.01. The predicted molar refractivity (Wildman–Crippen MR) is 64.2 cm³/mol. The molecule has 9 heteroatoms. The van der Waals surface area contributed by atoms with E-state index in [0.717, 1.165) is 12.1 Å². The van der Waals surface area contributed by atoms with Crippen LogP contribution in [0.2, 0.25) is 0 Å². The molecule has 7 nitrogen and oxygen atoms in total. The van der Waals surface area contributed by atoms with E-state index in [0.29, 0.717) is 0 Å². The van der Waals surface area contributed by atoms with Crippen molar-refractivity contribution in [3.05, 3.63) is 36.9 Å². The second-order valence-electron chi connectivity index (χ2n) is 3.04. The van der Waals surface area contributed by atoms with Gasteiger partial charge >= 0.3 is 20.5 Å². The molecule has 0 aliphatic rings. The molecule has 0 atom stereocenters. The molecule has 1 aromatic carbocycles. The Morgan fingerprint density at radius 1 is 1.22 bits per heavy atom. The Hall–Kier alpha value is -1.42. The number of rotatable bonds is 6. The molecular formula is C9H11NO6S2. The van der Waals surface area contributed by atoms with Crippen LogP contribution in [0.3, 0.4) is 0 Å². The minimum atomic E-state index is -4.68. The van der Waals surface area contributed by atoms with E-state index in [-0.39, 0.29) is 5.69 Å². The molecule has 0 fully saturated rings. The lowest BCUT2D eigenvalue weighted by atomic mass is 10.3. The van der Waals surface area contributed by atoms with Crippen molar-refractivity contribution in [3.63, 3.8) is 0 Å². The van der Waals surface area contributed by atoms with Crippen LogP contribution in [-0.4, -0.2) is 23.4 Å². The highest BCUT2D eigenvalue weighted by molar-refractivity contribution is 7.97. The van der Waals surface area contributed by atoms with Crippen LogP contribution in [-0.2, 0) is 28.3 Å². The van der Waals surface area contributed by atoms with Crippen molar-refractivity contribution in [2.24, 2.45) is 0 Å². The standard InChI is InChI=1S/C9H11NO6S2/c1-2-7-15-18(13,14)16-17(11,12)9-6-4-3-5-8(9)10/h2-6H,1,7,10H2. The van der Waals surface area contributed by atoms with Gasteiger partial charge < -0.3 is 5.73 Å². The number of para-hydroxylation sites is 1. The van der Waals surface area contributed by atoms with Gasteiger partial charge in [0.25, 0.3) is 0 Å². The molecule has 0 aliphatic carbocycles. The average Bonchev–Trinajstić information content (AvgIpc) is 2.25. The van der Waals surface area contributed by atoms with Gasteiger partial charge in [-0.2, -0.15) is 16.8 Å². The van der Waals surface area contributed by atoms with Gasteiger partial charge in [0.05, 0.1) is 12.3 Å². The van der Waals surface area contributed by atoms with Gasteiger partial charge in [0.2, 0.25) is 0 Å². The molecule has 0 unspecified atom stereocenters. The SMILES string of the molecule is C=CCOS(=O)(=O)OS(=O)(=O)c1ccccc1N. The maximum Gasteiger partial charge on any atom is 0.415 e. The second kappa shape index (κ2) is 5.48. The summed E-state index contributed by atoms with van der Waals surface area (Å²) in [4.78, 5) is -0.448. The molecule has 0 bridgehead atoms. The summed E-state index contributed by atoms with van der Waals surface area (Å²) in [5.74, 6) is 0. The number of benzene rings is 1. The highest BCUT2D eigenvalue weighted by Crippen LogP contribution is 2.21. The normalized spacial score (nSPS) is 12.2. The highest BCUT2D eigenvalue weighted by atomic mass is 32.3. The molecule has 1 aromatic rings. The Morgan fingerprint density at radius 3 is 2.39 bits per heavy atom. The summed E-state index contributed by atoms with van der Waals surface area (Å²) in [5, 5.41) is 0. The topological polar surface area (TPSA) is 113 Å². The van der Waals surface area contributed by atoms with Crippen molar-refractivity contribution in [1.82, 2.24) is 0 Å². The summed E-state index contributed by atoms with van der Waals surface area (Å²) >= 11 is 0. The van der Waals surface area contributed by atoms with Crippen molar-refractivity contribution in [2.45, 2.75) is 4.90 Å². The minimum Gasteiger partial charge on any atom is -0.398 e. The van der Waals surface area contributed by atoms with Crippen LogP contribution in [0, 0.1) is 0 Å². The third-order valence-corrected chi connectivity index (χ3v) is 4.41. The molecule has 2 N–H and O–H groups in total. The number of nitrogens with two attached hydrogens (primary N) is 1. The lowest BCUT2D eigenvalue weighted by molar-refractivity contribution is 0.303. The van der Waals surface area contributed by atoms with Crippen LogP contribution in [0.15, 0.2) is 41.8 Å². The second-order valence-corrected chi connectivity index (χ2v) is 5.99. The van der Waals surface area contributed by atoms with Crippen molar-refractivity contribution in [3.8, 4) is 0 Å². The van der Waals surface area contributed by atoms with Crippen LogP contribution >= 0.6 is 0 Å². The molecule has 0 saturated carbocycles. The highest BCUT2D eigenvalue weighted by Gasteiger charge is 2.27. The van der Waals surface area contributed by atoms with Gasteiger partial charge in [0.1, 0.15) is 4.90 Å². The predicted octanol–water partition coefficient (Wildman–Crippen LogP) is 0.422. The zero-order valence-electron chi connectivity index (χ0n) is 9.14. The number of hydrogen-bond donors (Lipinski definition) is 1. The maximum absolute atomic E-state index is 11.6. The van der Waals surface area contributed by atoms with E-state index in [4.69, 9.17) is 5.73 Å². The number of nitrogen functional groups attached to an aromatic ring is 1. The molecule has 0 radical (unpaired) electrons. The van der Waals surface area contributed by atoms with Crippen molar-refractivity contribution in [1.29, 1.82) is 0 Å². The van der Waals surface area contributed by atoms with Crippen LogP contribution < -0.4 is 5.73 Å². The van der Waals surface area contributed by atoms with E-state index in [1.165, 1.54) is 18.2 Å². The zero-order valence-corrected chi connectivity index (χ0v) is 10.8. The summed E-state index contributed by atoms with van der Waals surface area (Å²) in [5.41, 5.74) is 5.29. The van der Waals surface area contributed by atoms with Gasteiger partial charge in [-0.15, -0.1) is 10.2 Å². The number of hydrogen-bond acceptors (Lipinski definition) is 7. The fourth-order valence-corrected chi connectivity index (χ4v) is 3.20. The van der Waals surface area contributed by atoms with Crippen LogP contribution in [0.1, 0.15) is 0 Å². The van der Waals surface area contributed by atoms with Crippen molar-refractivity contribution in [2.75, 3.05) is 12.3 Å². The molecule has 100 valence electrons. The number of anilines is 1. The summed E-state index contributed by atoms with van der Waals surface area (Å²) in [6.45, 7) is 2.82. The summed E-state index contributed by atoms with van der Waals surface area (Å²) in [6, 6.07) is 5.29. The molecule has 0 amide bonds. The van der Waals surface area contributed by atoms with E-state index < -0.39 is 32.0 Å². The fraction of sp³-hybridized carbons (Fsp3) is 0.111. The van der Waals surface area contributed by atoms with E-state index in [9.17, 15) is 16.8 Å². The van der Waals surface area contributed by atoms with Crippen molar-refractivity contribution < 1.29 is 24.6 Å². The first-order valence-corrected chi connectivity index (χ1v) is 7.33. The molecule has 0 aromatic heterocycles. The Morgan fingerprint density at radius 2 is 1.83 bits per heavy atom. The van der Waals surface area contributed by atoms with Crippen molar-refractivity contribution >= 4 is 26.2 Å². The van der Waals surface area contributed by atoms with Gasteiger partial charge in [-0.1, -0.05) is 18.2 Å². The lowest BCUT2D eigenvalue weighted by Gasteiger charge is -2.07. The van der Waals surface area contributed by atoms with Gasteiger partial charge in [0, 0.05) is 0 Å². The van der Waals surface area contributed by atoms with Gasteiger partial charge in [-0.25, -0.2) is 4.18 Å². The van der Waals surface area contributed by atoms with Crippen LogP contribution in [0.5, 0.6) is 0 Å². The lowest BCUT2D eigenvalue weighted by Crippen LogP contribution is -2.17. The van der Waals surface area contributed by atoms with E-state index in [1.807, 2.05) is 0 Å². The Labute approximate surface area is 105 Å². The zero-order chi connectivity index (χ0) is 13.8. The monoisotopic (exact) mass is 293 g/mol. The Balaban J connectivity index is 3.03.